The highest BCUT2D eigenvalue weighted by Crippen LogP contribution is 2.20. The molecular formula is C18H15Cl2N3O2S. The molecule has 0 unspecified atom stereocenters. The van der Waals surface area contributed by atoms with E-state index < -0.39 is 0 Å². The molecule has 0 aliphatic heterocycles. The van der Waals surface area contributed by atoms with Crippen LogP contribution < -0.4 is 5.32 Å². The molecule has 134 valence electrons. The molecule has 0 spiro atoms. The largest absolute Gasteiger partial charge is 0.351 e. The summed E-state index contributed by atoms with van der Waals surface area (Å²) < 4.78 is 5.21. The third kappa shape index (κ3) is 5.24. The highest BCUT2D eigenvalue weighted by Gasteiger charge is 2.10. The zero-order chi connectivity index (χ0) is 18.4. The van der Waals surface area contributed by atoms with Gasteiger partial charge in [0.05, 0.1) is 11.5 Å². The van der Waals surface area contributed by atoms with Gasteiger partial charge in [-0.05, 0) is 35.9 Å². The molecule has 0 fully saturated rings. The number of nitrogens with zero attached hydrogens (tertiary/aromatic N) is 2. The Kier molecular flexibility index (Phi) is 6.55. The Balaban J connectivity index is 1.44. The number of amides is 1. The number of halogens is 2. The molecule has 5 nitrogen and oxygen atoms in total. The van der Waals surface area contributed by atoms with Gasteiger partial charge in [-0.1, -0.05) is 46.6 Å². The van der Waals surface area contributed by atoms with Crippen molar-refractivity contribution in [3.8, 4) is 11.4 Å². The summed E-state index contributed by atoms with van der Waals surface area (Å²) in [5.41, 5.74) is 1.71. The average Bonchev–Trinajstić information content (AvgIpc) is 3.10. The number of carbonyl (C=O) groups is 1. The van der Waals surface area contributed by atoms with Crippen LogP contribution in [-0.4, -0.2) is 21.8 Å². The summed E-state index contributed by atoms with van der Waals surface area (Å²) in [5, 5.41) is 8.07. The fraction of sp³-hybridized carbons (Fsp3) is 0.167. The second-order valence-electron chi connectivity index (χ2n) is 5.38. The lowest BCUT2D eigenvalue weighted by Gasteiger charge is -2.06. The number of aromatic nitrogens is 2. The summed E-state index contributed by atoms with van der Waals surface area (Å²) in [5.74, 6) is 1.65. The minimum absolute atomic E-state index is 0.0765. The first-order valence-electron chi connectivity index (χ1n) is 7.78. The van der Waals surface area contributed by atoms with Gasteiger partial charge < -0.3 is 9.84 Å². The highest BCUT2D eigenvalue weighted by molar-refractivity contribution is 7.99. The summed E-state index contributed by atoms with van der Waals surface area (Å²) in [6.07, 6.45) is 0. The van der Waals surface area contributed by atoms with Gasteiger partial charge in [-0.2, -0.15) is 4.98 Å². The zero-order valence-corrected chi connectivity index (χ0v) is 15.9. The van der Waals surface area contributed by atoms with Crippen molar-refractivity contribution in [1.82, 2.24) is 15.5 Å². The van der Waals surface area contributed by atoms with Crippen molar-refractivity contribution in [3.05, 3.63) is 70.0 Å². The van der Waals surface area contributed by atoms with Crippen molar-refractivity contribution in [1.29, 1.82) is 0 Å². The van der Waals surface area contributed by atoms with Crippen LogP contribution in [0.3, 0.4) is 0 Å². The van der Waals surface area contributed by atoms with Gasteiger partial charge in [-0.3, -0.25) is 4.79 Å². The third-order valence-electron chi connectivity index (χ3n) is 3.46. The van der Waals surface area contributed by atoms with E-state index in [9.17, 15) is 4.79 Å². The van der Waals surface area contributed by atoms with Crippen LogP contribution in [-0.2, 0) is 17.1 Å². The van der Waals surface area contributed by atoms with Crippen LogP contribution >= 0.6 is 35.0 Å². The van der Waals surface area contributed by atoms with Crippen LogP contribution in [0, 0.1) is 0 Å². The summed E-state index contributed by atoms with van der Waals surface area (Å²) in [6.45, 7) is 0.403. The number of nitrogens with one attached hydrogen (secondary N) is 1. The number of rotatable bonds is 7. The predicted octanol–water partition coefficient (Wildman–Crippen LogP) is 4.59. The van der Waals surface area contributed by atoms with Gasteiger partial charge in [0, 0.05) is 22.2 Å². The van der Waals surface area contributed by atoms with Crippen molar-refractivity contribution in [2.45, 2.75) is 12.3 Å². The maximum atomic E-state index is 11.9. The Morgan fingerprint density at radius 3 is 2.65 bits per heavy atom. The molecule has 0 atom stereocenters. The summed E-state index contributed by atoms with van der Waals surface area (Å²) in [6, 6.07) is 14.6. The van der Waals surface area contributed by atoms with E-state index >= 15 is 0 Å². The topological polar surface area (TPSA) is 68.0 Å². The molecule has 1 N–H and O–H groups in total. The molecule has 1 heterocycles. The van der Waals surface area contributed by atoms with E-state index in [0.29, 0.717) is 39.8 Å². The Morgan fingerprint density at radius 1 is 1.12 bits per heavy atom. The fourth-order valence-corrected chi connectivity index (χ4v) is 3.16. The van der Waals surface area contributed by atoms with E-state index in [-0.39, 0.29) is 5.91 Å². The molecule has 26 heavy (non-hydrogen) atoms. The van der Waals surface area contributed by atoms with E-state index in [0.717, 1.165) is 11.1 Å². The van der Waals surface area contributed by atoms with Gasteiger partial charge in [0.1, 0.15) is 0 Å². The second kappa shape index (κ2) is 9.07. The summed E-state index contributed by atoms with van der Waals surface area (Å²) in [4.78, 5) is 16.2. The van der Waals surface area contributed by atoms with Crippen LogP contribution in [0.15, 0.2) is 53.1 Å². The lowest BCUT2D eigenvalue weighted by Crippen LogP contribution is -2.24. The van der Waals surface area contributed by atoms with Gasteiger partial charge in [0.15, 0.2) is 0 Å². The minimum Gasteiger partial charge on any atom is -0.351 e. The Bertz CT molecular complexity index is 884. The van der Waals surface area contributed by atoms with Gasteiger partial charge in [0.2, 0.25) is 17.6 Å². The van der Waals surface area contributed by atoms with Crippen LogP contribution in [0.4, 0.5) is 0 Å². The standard InChI is InChI=1S/C18H15Cl2N3O2S/c19-14-7-5-12(6-8-14)18-22-17(25-23-18)11-26-10-16(24)21-9-13-3-1-2-4-15(13)20/h1-8H,9-11H2,(H,21,24). The Morgan fingerprint density at radius 2 is 1.88 bits per heavy atom. The molecule has 0 aliphatic rings. The number of hydrogen-bond donors (Lipinski definition) is 1. The molecule has 3 aromatic rings. The Labute approximate surface area is 165 Å². The average molecular weight is 408 g/mol. The smallest absolute Gasteiger partial charge is 0.236 e. The molecule has 1 amide bonds. The van der Waals surface area contributed by atoms with Crippen LogP contribution in [0.5, 0.6) is 0 Å². The third-order valence-corrected chi connectivity index (χ3v) is 5.00. The molecule has 0 aliphatic carbocycles. The first-order valence-corrected chi connectivity index (χ1v) is 9.69. The number of carbonyl (C=O) groups excluding carboxylic acids is 1. The quantitative estimate of drug-likeness (QED) is 0.619. The van der Waals surface area contributed by atoms with Gasteiger partial charge in [-0.15, -0.1) is 11.8 Å². The molecule has 8 heteroatoms. The zero-order valence-electron chi connectivity index (χ0n) is 13.6. The van der Waals surface area contributed by atoms with Gasteiger partial charge >= 0.3 is 0 Å². The van der Waals surface area contributed by atoms with E-state index in [1.807, 2.05) is 30.3 Å². The molecule has 0 radical (unpaired) electrons. The monoisotopic (exact) mass is 407 g/mol. The van der Waals surface area contributed by atoms with Gasteiger partial charge in [-0.25, -0.2) is 0 Å². The van der Waals surface area contributed by atoms with Crippen molar-refractivity contribution in [2.24, 2.45) is 0 Å². The van der Waals surface area contributed by atoms with E-state index in [2.05, 4.69) is 15.5 Å². The van der Waals surface area contributed by atoms with Crippen molar-refractivity contribution in [2.75, 3.05) is 5.75 Å². The molecule has 1 aromatic heterocycles. The van der Waals surface area contributed by atoms with Crippen molar-refractivity contribution >= 4 is 40.9 Å². The normalized spacial score (nSPS) is 10.7. The number of benzene rings is 2. The lowest BCUT2D eigenvalue weighted by atomic mass is 10.2. The number of thioether (sulfide) groups is 1. The van der Waals surface area contributed by atoms with Crippen LogP contribution in [0.2, 0.25) is 10.0 Å². The van der Waals surface area contributed by atoms with E-state index in [1.165, 1.54) is 11.8 Å². The summed E-state index contributed by atoms with van der Waals surface area (Å²) >= 11 is 13.3. The maximum absolute atomic E-state index is 11.9. The second-order valence-corrected chi connectivity index (χ2v) is 7.21. The molecular weight excluding hydrogens is 393 g/mol. The first kappa shape index (κ1) is 18.8. The first-order chi connectivity index (χ1) is 12.6. The predicted molar refractivity (Wildman–Crippen MR) is 104 cm³/mol. The molecule has 0 saturated carbocycles. The highest BCUT2D eigenvalue weighted by atomic mass is 35.5. The molecule has 0 saturated heterocycles. The SMILES string of the molecule is O=C(CSCc1nc(-c2ccc(Cl)cc2)no1)NCc1ccccc1Cl. The van der Waals surface area contributed by atoms with Crippen LogP contribution in [0.25, 0.3) is 11.4 Å². The molecule has 2 aromatic carbocycles. The van der Waals surface area contributed by atoms with Crippen molar-refractivity contribution in [3.63, 3.8) is 0 Å². The maximum Gasteiger partial charge on any atom is 0.236 e. The van der Waals surface area contributed by atoms with Crippen molar-refractivity contribution < 1.29 is 9.32 Å². The lowest BCUT2D eigenvalue weighted by molar-refractivity contribution is -0.118. The minimum atomic E-state index is -0.0765. The fourth-order valence-electron chi connectivity index (χ4n) is 2.15. The number of hydrogen-bond acceptors (Lipinski definition) is 5. The molecule has 3 rings (SSSR count). The van der Waals surface area contributed by atoms with E-state index in [4.69, 9.17) is 27.7 Å². The van der Waals surface area contributed by atoms with Crippen LogP contribution in [0.1, 0.15) is 11.5 Å². The van der Waals surface area contributed by atoms with Gasteiger partial charge in [0.25, 0.3) is 0 Å². The Hall–Kier alpha value is -2.02. The van der Waals surface area contributed by atoms with E-state index in [1.54, 1.807) is 18.2 Å². The summed E-state index contributed by atoms with van der Waals surface area (Å²) in [7, 11) is 0. The molecule has 0 bridgehead atoms.